The van der Waals surface area contributed by atoms with Gasteiger partial charge in [0.2, 0.25) is 0 Å². The van der Waals surface area contributed by atoms with Gasteiger partial charge in [0.15, 0.2) is 0 Å². The third-order valence-electron chi connectivity index (χ3n) is 2.98. The van der Waals surface area contributed by atoms with E-state index in [1.165, 1.54) is 11.1 Å². The van der Waals surface area contributed by atoms with Crippen LogP contribution in [-0.2, 0) is 0 Å². The molecule has 0 saturated carbocycles. The molecule has 2 aromatic rings. The highest BCUT2D eigenvalue weighted by atomic mass is 14.5. The van der Waals surface area contributed by atoms with Gasteiger partial charge in [-0.15, -0.1) is 0 Å². The van der Waals surface area contributed by atoms with Crippen molar-refractivity contribution in [3.63, 3.8) is 0 Å². The summed E-state index contributed by atoms with van der Waals surface area (Å²) in [7, 11) is 0. The van der Waals surface area contributed by atoms with Gasteiger partial charge in [-0.1, -0.05) is 62.4 Å². The molecule has 0 fully saturated rings. The summed E-state index contributed by atoms with van der Waals surface area (Å²) in [5, 5.41) is 0. The Balaban J connectivity index is 2.14. The number of hydrogen-bond acceptors (Lipinski definition) is 1. The average Bonchev–Trinajstić information content (AvgIpc) is 2.37. The molecular formula is C17H19N. The third-order valence-corrected chi connectivity index (χ3v) is 2.98. The van der Waals surface area contributed by atoms with Crippen LogP contribution in [0.1, 0.15) is 36.5 Å². The normalized spacial score (nSPS) is 11.3. The zero-order valence-corrected chi connectivity index (χ0v) is 10.9. The van der Waals surface area contributed by atoms with Crippen molar-refractivity contribution in [3.05, 3.63) is 65.2 Å². The standard InChI is InChI=1S/C17H19N/c1-13(2)16-10-8-14(9-11-16)6-7-15-4-3-5-17(18)12-15/h3-13H,18H2,1-2H3/b7-6+. The SMILES string of the molecule is CC(C)c1ccc(/C=C/c2cccc(N)c2)cc1. The molecule has 92 valence electrons. The van der Waals surface area contributed by atoms with Crippen LogP contribution < -0.4 is 5.73 Å². The van der Waals surface area contributed by atoms with E-state index in [2.05, 4.69) is 56.3 Å². The molecule has 18 heavy (non-hydrogen) atoms. The Labute approximate surface area is 109 Å². The largest absolute Gasteiger partial charge is 0.399 e. The fourth-order valence-electron chi connectivity index (χ4n) is 1.85. The minimum absolute atomic E-state index is 0.581. The van der Waals surface area contributed by atoms with E-state index in [1.54, 1.807) is 0 Å². The van der Waals surface area contributed by atoms with Crippen LogP contribution in [0.5, 0.6) is 0 Å². The minimum atomic E-state index is 0.581. The summed E-state index contributed by atoms with van der Waals surface area (Å²) in [5.41, 5.74) is 10.3. The highest BCUT2D eigenvalue weighted by Crippen LogP contribution is 2.16. The maximum Gasteiger partial charge on any atom is 0.0319 e. The molecule has 0 aliphatic carbocycles. The molecule has 0 aliphatic heterocycles. The molecule has 0 radical (unpaired) electrons. The first-order valence-electron chi connectivity index (χ1n) is 6.29. The summed E-state index contributed by atoms with van der Waals surface area (Å²) in [5.74, 6) is 0.581. The molecule has 1 nitrogen and oxygen atoms in total. The van der Waals surface area contributed by atoms with E-state index in [4.69, 9.17) is 5.73 Å². The van der Waals surface area contributed by atoms with Crippen LogP contribution in [0.2, 0.25) is 0 Å². The van der Waals surface area contributed by atoms with E-state index in [0.29, 0.717) is 5.92 Å². The van der Waals surface area contributed by atoms with Crippen molar-refractivity contribution in [1.82, 2.24) is 0 Å². The van der Waals surface area contributed by atoms with Crippen LogP contribution in [0.25, 0.3) is 12.2 Å². The van der Waals surface area contributed by atoms with Gasteiger partial charge >= 0.3 is 0 Å². The fourth-order valence-corrected chi connectivity index (χ4v) is 1.85. The van der Waals surface area contributed by atoms with Crippen molar-refractivity contribution in [3.8, 4) is 0 Å². The maximum atomic E-state index is 5.75. The molecular weight excluding hydrogens is 218 g/mol. The van der Waals surface area contributed by atoms with Crippen LogP contribution >= 0.6 is 0 Å². The highest BCUT2D eigenvalue weighted by Gasteiger charge is 1.97. The third kappa shape index (κ3) is 3.24. The van der Waals surface area contributed by atoms with Crippen molar-refractivity contribution in [2.24, 2.45) is 0 Å². The molecule has 0 aliphatic rings. The molecule has 0 bridgehead atoms. The summed E-state index contributed by atoms with van der Waals surface area (Å²) in [6, 6.07) is 16.6. The molecule has 2 rings (SSSR count). The molecule has 0 spiro atoms. The zero-order chi connectivity index (χ0) is 13.0. The van der Waals surface area contributed by atoms with Gasteiger partial charge in [-0.25, -0.2) is 0 Å². The fraction of sp³-hybridized carbons (Fsp3) is 0.176. The summed E-state index contributed by atoms with van der Waals surface area (Å²) >= 11 is 0. The van der Waals surface area contributed by atoms with E-state index in [9.17, 15) is 0 Å². The Morgan fingerprint density at radius 2 is 1.56 bits per heavy atom. The number of nitrogen functional groups attached to an aromatic ring is 1. The summed E-state index contributed by atoms with van der Waals surface area (Å²) < 4.78 is 0. The van der Waals surface area contributed by atoms with Crippen molar-refractivity contribution < 1.29 is 0 Å². The Morgan fingerprint density at radius 3 is 2.17 bits per heavy atom. The van der Waals surface area contributed by atoms with Crippen molar-refractivity contribution in [1.29, 1.82) is 0 Å². The number of rotatable bonds is 3. The highest BCUT2D eigenvalue weighted by molar-refractivity contribution is 5.71. The van der Waals surface area contributed by atoms with Crippen LogP contribution in [-0.4, -0.2) is 0 Å². The molecule has 0 atom stereocenters. The van der Waals surface area contributed by atoms with E-state index < -0.39 is 0 Å². The second-order valence-corrected chi connectivity index (χ2v) is 4.82. The molecule has 0 amide bonds. The predicted molar refractivity (Wildman–Crippen MR) is 80.3 cm³/mol. The zero-order valence-electron chi connectivity index (χ0n) is 10.9. The first-order chi connectivity index (χ1) is 8.65. The lowest BCUT2D eigenvalue weighted by atomic mass is 10.0. The van der Waals surface area contributed by atoms with Gasteiger partial charge in [0, 0.05) is 5.69 Å². The lowest BCUT2D eigenvalue weighted by molar-refractivity contribution is 0.866. The van der Waals surface area contributed by atoms with E-state index >= 15 is 0 Å². The van der Waals surface area contributed by atoms with E-state index in [-0.39, 0.29) is 0 Å². The van der Waals surface area contributed by atoms with Gasteiger partial charge in [-0.3, -0.25) is 0 Å². The molecule has 0 heterocycles. The quantitative estimate of drug-likeness (QED) is 0.614. The number of hydrogen-bond donors (Lipinski definition) is 1. The summed E-state index contributed by atoms with van der Waals surface area (Å²) in [6.45, 7) is 4.41. The van der Waals surface area contributed by atoms with Crippen molar-refractivity contribution >= 4 is 17.8 Å². The van der Waals surface area contributed by atoms with Crippen LogP contribution in [0.3, 0.4) is 0 Å². The maximum absolute atomic E-state index is 5.75. The van der Waals surface area contributed by atoms with Crippen molar-refractivity contribution in [2.45, 2.75) is 19.8 Å². The number of nitrogens with two attached hydrogens (primary N) is 1. The van der Waals surface area contributed by atoms with Crippen LogP contribution in [0.15, 0.2) is 48.5 Å². The van der Waals surface area contributed by atoms with Crippen LogP contribution in [0, 0.1) is 0 Å². The molecule has 1 heteroatoms. The van der Waals surface area contributed by atoms with Gasteiger partial charge in [-0.2, -0.15) is 0 Å². The number of anilines is 1. The summed E-state index contributed by atoms with van der Waals surface area (Å²) in [6.07, 6.45) is 4.19. The lowest BCUT2D eigenvalue weighted by Crippen LogP contribution is -1.86. The Bertz CT molecular complexity index is 536. The number of benzene rings is 2. The smallest absolute Gasteiger partial charge is 0.0319 e. The second-order valence-electron chi connectivity index (χ2n) is 4.82. The molecule has 0 unspecified atom stereocenters. The summed E-state index contributed by atoms with van der Waals surface area (Å²) in [4.78, 5) is 0. The van der Waals surface area contributed by atoms with Crippen LogP contribution in [0.4, 0.5) is 5.69 Å². The minimum Gasteiger partial charge on any atom is -0.399 e. The Kier molecular flexibility index (Phi) is 3.83. The topological polar surface area (TPSA) is 26.0 Å². The van der Waals surface area contributed by atoms with E-state index in [0.717, 1.165) is 11.3 Å². The van der Waals surface area contributed by atoms with Gasteiger partial charge < -0.3 is 5.73 Å². The van der Waals surface area contributed by atoms with Crippen molar-refractivity contribution in [2.75, 3.05) is 5.73 Å². The molecule has 0 saturated heterocycles. The van der Waals surface area contributed by atoms with Gasteiger partial charge in [0.05, 0.1) is 0 Å². The molecule has 2 aromatic carbocycles. The molecule has 2 N–H and O–H groups in total. The van der Waals surface area contributed by atoms with E-state index in [1.807, 2.05) is 18.2 Å². The first kappa shape index (κ1) is 12.4. The van der Waals surface area contributed by atoms with Gasteiger partial charge in [-0.05, 0) is 34.7 Å². The first-order valence-corrected chi connectivity index (χ1v) is 6.29. The Hall–Kier alpha value is -2.02. The molecule has 0 aromatic heterocycles. The van der Waals surface area contributed by atoms with Gasteiger partial charge in [0.25, 0.3) is 0 Å². The average molecular weight is 237 g/mol. The monoisotopic (exact) mass is 237 g/mol. The lowest BCUT2D eigenvalue weighted by Gasteiger charge is -2.04. The Morgan fingerprint density at radius 1 is 0.889 bits per heavy atom. The van der Waals surface area contributed by atoms with Gasteiger partial charge in [0.1, 0.15) is 0 Å². The predicted octanol–water partition coefficient (Wildman–Crippen LogP) is 4.56. The second kappa shape index (κ2) is 5.54.